The number of aromatic amines is 1. The average Bonchev–Trinajstić information content (AvgIpc) is 3.66. The Morgan fingerprint density at radius 1 is 0.889 bits per heavy atom. The first-order valence-electron chi connectivity index (χ1n) is 15.8. The van der Waals surface area contributed by atoms with E-state index in [0.29, 0.717) is 17.3 Å². The topological polar surface area (TPSA) is 107 Å². The van der Waals surface area contributed by atoms with Gasteiger partial charge < -0.3 is 10.3 Å². The van der Waals surface area contributed by atoms with Crippen LogP contribution in [-0.2, 0) is 6.54 Å². The van der Waals surface area contributed by atoms with Crippen molar-refractivity contribution in [2.75, 3.05) is 42.3 Å². The largest absolute Gasteiger partial charge is 0.350 e. The number of carbonyl (C=O) groups excluding carboxylic acids is 1. The summed E-state index contributed by atoms with van der Waals surface area (Å²) < 4.78 is 71.7. The maximum Gasteiger partial charge on any atom is 0.269 e. The number of hydrogen-bond donors (Lipinski definition) is 2. The normalized spacial score (nSPS) is 13.2. The third-order valence-electron chi connectivity index (χ3n) is 7.15. The van der Waals surface area contributed by atoms with Crippen LogP contribution in [0.25, 0.3) is 21.9 Å². The third kappa shape index (κ3) is 12.2. The Hall–Kier alpha value is -4.02. The van der Waals surface area contributed by atoms with E-state index in [-0.39, 0.29) is 5.91 Å². The number of fused-ring (bicyclic) bond motifs is 2. The molecule has 1 amide bonds. The number of pyridine rings is 1. The molecule has 2 N–H and O–H groups in total. The zero-order chi connectivity index (χ0) is 40.0. The molecule has 0 unspecified atom stereocenters. The molecule has 21 heteroatoms. The van der Waals surface area contributed by atoms with Gasteiger partial charge in [0.15, 0.2) is 0 Å². The number of nitrogens with one attached hydrogen (secondary N) is 2. The number of amides is 1. The van der Waals surface area contributed by atoms with E-state index in [1.54, 1.807) is 24.2 Å². The minimum absolute atomic E-state index is 0.162. The van der Waals surface area contributed by atoms with Crippen LogP contribution in [0.15, 0.2) is 107 Å². The molecule has 0 aliphatic rings. The van der Waals surface area contributed by atoms with Crippen molar-refractivity contribution in [1.82, 2.24) is 44.5 Å². The Morgan fingerprint density at radius 2 is 1.50 bits per heavy atom. The Kier molecular flexibility index (Phi) is 13.0. The van der Waals surface area contributed by atoms with Crippen molar-refractivity contribution in [2.45, 2.75) is 16.3 Å². The molecular weight excluding hydrogens is 798 g/mol. The van der Waals surface area contributed by atoms with Crippen LogP contribution in [-0.4, -0.2) is 87.3 Å². The van der Waals surface area contributed by atoms with Crippen LogP contribution >= 0.6 is 39.1 Å². The van der Waals surface area contributed by atoms with Crippen LogP contribution in [0.5, 0.6) is 0 Å². The van der Waals surface area contributed by atoms with Gasteiger partial charge in [-0.25, -0.2) is 0 Å². The van der Waals surface area contributed by atoms with Crippen molar-refractivity contribution in [3.05, 3.63) is 114 Å². The smallest absolute Gasteiger partial charge is 0.269 e. The van der Waals surface area contributed by atoms with E-state index in [1.165, 1.54) is 4.85 Å². The second-order valence-corrected chi connectivity index (χ2v) is 19.1. The van der Waals surface area contributed by atoms with Gasteiger partial charge in [0.05, 0.1) is 4.90 Å². The third-order valence-corrected chi connectivity index (χ3v) is 12.0. The summed E-state index contributed by atoms with van der Waals surface area (Å²) >= 11 is 7.74. The monoisotopic (exact) mass is 835 g/mol. The summed E-state index contributed by atoms with van der Waals surface area (Å²) in [7, 11) is -0.761. The molecule has 0 radical (unpaired) electrons. The van der Waals surface area contributed by atoms with Gasteiger partial charge >= 0.3 is 40.9 Å². The molecule has 0 fully saturated rings. The number of H-pyrrole nitrogens is 1. The Morgan fingerprint density at radius 3 is 2.09 bits per heavy atom. The predicted octanol–water partition coefficient (Wildman–Crippen LogP) is 9.90. The van der Waals surface area contributed by atoms with Crippen LogP contribution in [0.2, 0.25) is 5.02 Å². The van der Waals surface area contributed by atoms with Crippen molar-refractivity contribution in [3.8, 4) is 0 Å². The predicted molar refractivity (Wildman–Crippen MR) is 205 cm³/mol. The molecule has 3 aromatic carbocycles. The minimum Gasteiger partial charge on any atom is -0.350 e. The number of hydrogen-bond acceptors (Lipinski definition) is 9. The molecule has 0 aliphatic carbocycles. The standard InChI is InChI=1S/C21H16ClN3OS.C12H22N6OP.F6P/c22-15-8-9-18-17(11-15)20(27-16-6-2-1-3-7-16)19(25-18)21(26)24-13-14-5-4-10-23-12-14;1-15(2)20(16(3)4,17(5)6)19-18-12-10-8-7-9-11(12)13-14-18;1-7(2,3,4,5)6/h1-12,25H,13H2,(H,24,26);7-10H,1-6H3;/q;+1;-1. The van der Waals surface area contributed by atoms with E-state index in [0.717, 1.165) is 37.3 Å². The quantitative estimate of drug-likeness (QED) is 0.103. The maximum atomic E-state index is 12.9. The molecule has 11 nitrogen and oxygen atoms in total. The van der Waals surface area contributed by atoms with Crippen LogP contribution in [0.4, 0.5) is 25.2 Å². The Labute approximate surface area is 317 Å². The van der Waals surface area contributed by atoms with Crippen LogP contribution in [0.3, 0.4) is 0 Å². The molecular formula is C33H38ClF6N9O2P2S. The summed E-state index contributed by atoms with van der Waals surface area (Å²) in [5.74, 6) is -0.162. The van der Waals surface area contributed by atoms with E-state index in [2.05, 4.69) is 39.6 Å². The van der Waals surface area contributed by atoms with Crippen LogP contribution in [0.1, 0.15) is 16.1 Å². The first-order valence-corrected chi connectivity index (χ1v) is 20.5. The number of aromatic nitrogens is 5. The van der Waals surface area contributed by atoms with Crippen molar-refractivity contribution in [3.63, 3.8) is 0 Å². The number of benzene rings is 3. The van der Waals surface area contributed by atoms with Gasteiger partial charge in [-0.15, -0.1) is 19.1 Å². The number of halogens is 7. The van der Waals surface area contributed by atoms with Gasteiger partial charge in [-0.2, -0.15) is 4.62 Å². The van der Waals surface area contributed by atoms with E-state index >= 15 is 0 Å². The first-order chi connectivity index (χ1) is 25.0. The molecule has 0 saturated carbocycles. The molecule has 0 bridgehead atoms. The van der Waals surface area contributed by atoms with E-state index < -0.39 is 15.8 Å². The number of para-hydroxylation sites is 1. The molecule has 0 atom stereocenters. The van der Waals surface area contributed by atoms with Gasteiger partial charge in [-0.3, -0.25) is 9.78 Å². The average molecular weight is 836 g/mol. The van der Waals surface area contributed by atoms with Gasteiger partial charge in [0.2, 0.25) is 0 Å². The molecule has 292 valence electrons. The Bertz CT molecular complexity index is 2150. The van der Waals surface area contributed by atoms with Gasteiger partial charge in [0.1, 0.15) is 16.7 Å². The van der Waals surface area contributed by atoms with Gasteiger partial charge in [0.25, 0.3) is 5.91 Å². The first kappa shape index (κ1) is 42.7. The minimum atomic E-state index is -10.7. The van der Waals surface area contributed by atoms with Crippen LogP contribution < -0.4 is 9.94 Å². The second-order valence-electron chi connectivity index (χ2n) is 12.0. The maximum absolute atomic E-state index is 12.9. The fraction of sp³-hybridized carbons (Fsp3) is 0.212. The zero-order valence-corrected chi connectivity index (χ0v) is 33.2. The van der Waals surface area contributed by atoms with E-state index in [9.17, 15) is 30.0 Å². The molecule has 3 aromatic heterocycles. The fourth-order valence-electron chi connectivity index (χ4n) is 5.09. The molecule has 3 heterocycles. The fourth-order valence-corrected chi connectivity index (χ4v) is 9.23. The molecule has 0 spiro atoms. The van der Waals surface area contributed by atoms with Crippen molar-refractivity contribution >= 4 is 67.0 Å². The van der Waals surface area contributed by atoms with Gasteiger partial charge in [-0.1, -0.05) is 59.8 Å². The number of carbonyl (C=O) groups is 1. The summed E-state index contributed by atoms with van der Waals surface area (Å²) in [5.41, 5.74) is 4.04. The number of nitrogens with zero attached hydrogens (tertiary/aromatic N) is 7. The van der Waals surface area contributed by atoms with Crippen molar-refractivity contribution in [1.29, 1.82) is 0 Å². The summed E-state index contributed by atoms with van der Waals surface area (Å²) in [6.07, 6.45) is 3.45. The summed E-state index contributed by atoms with van der Waals surface area (Å²) in [4.78, 5) is 23.6. The summed E-state index contributed by atoms with van der Waals surface area (Å²) in [6.45, 7) is 0.415. The van der Waals surface area contributed by atoms with Crippen LogP contribution in [0, 0.1) is 0 Å². The van der Waals surface area contributed by atoms with Crippen molar-refractivity contribution in [2.24, 2.45) is 0 Å². The summed E-state index contributed by atoms with van der Waals surface area (Å²) in [6, 6.07) is 27.1. The number of rotatable bonds is 10. The zero-order valence-electron chi connectivity index (χ0n) is 29.8. The molecule has 0 saturated heterocycles. The van der Waals surface area contributed by atoms with E-state index in [4.69, 9.17) is 16.2 Å². The van der Waals surface area contributed by atoms with Gasteiger partial charge in [0, 0.05) is 82.0 Å². The molecule has 54 heavy (non-hydrogen) atoms. The molecule has 6 aromatic rings. The molecule has 6 rings (SSSR count). The second kappa shape index (κ2) is 16.4. The van der Waals surface area contributed by atoms with E-state index in [1.807, 2.05) is 127 Å². The van der Waals surface area contributed by atoms with Gasteiger partial charge in [-0.05, 0) is 64.2 Å². The Balaban J connectivity index is 0.000000212. The van der Waals surface area contributed by atoms with Crippen molar-refractivity contribution < 1.29 is 34.6 Å². The molecule has 0 aliphatic heterocycles. The SMILES string of the molecule is CN(C)[P+](On1nnc2ccccc21)(N(C)C)N(C)C.F[P-](F)(F)(F)(F)F.O=C(NCc1cccnc1)c1[nH]c2ccc(Cl)cc2c1Sc1ccccc1. The summed E-state index contributed by atoms with van der Waals surface area (Å²) in [5, 5.41) is 12.8.